The summed E-state index contributed by atoms with van der Waals surface area (Å²) >= 11 is 1.58. The number of carbonyl (C=O) groups excluding carboxylic acids is 3. The lowest BCUT2D eigenvalue weighted by Crippen LogP contribution is -2.59. The van der Waals surface area contributed by atoms with Crippen LogP contribution in [0.4, 0.5) is 0 Å². The summed E-state index contributed by atoms with van der Waals surface area (Å²) in [6, 6.07) is 7.90. The Morgan fingerprint density at radius 3 is 2.33 bits per heavy atom. The highest BCUT2D eigenvalue weighted by Gasteiger charge is 2.46. The van der Waals surface area contributed by atoms with Crippen molar-refractivity contribution >= 4 is 29.1 Å². The standard InChI is InChI=1S/C30H41N5O4S/c1-8-22(19-10-12-20(13-11-19)24-18(3)32-17-40-24)33-26(37)23-14-21(36)15-35(23)27(38)25(29(4,5)6)34-28(39)30(7,9-2)16-31/h10-13,17,21-23,25,36H,8-9,14-15H2,1-7H3,(H,33,37)(H,34,39)/t21-,22+,23+,25-,30?/m1/s1. The number of hydrogen-bond acceptors (Lipinski definition) is 7. The Kier molecular flexibility index (Phi) is 9.75. The van der Waals surface area contributed by atoms with Crippen LogP contribution in [0.2, 0.25) is 0 Å². The van der Waals surface area contributed by atoms with Crippen molar-refractivity contribution < 1.29 is 19.5 Å². The quantitative estimate of drug-likeness (QED) is 0.417. The molecule has 3 N–H and O–H groups in total. The summed E-state index contributed by atoms with van der Waals surface area (Å²) in [6.07, 6.45) is 0.167. The first-order chi connectivity index (χ1) is 18.7. The number of nitriles is 1. The van der Waals surface area contributed by atoms with Crippen molar-refractivity contribution in [1.29, 1.82) is 5.26 Å². The number of β-amino-alcohol motifs (C(OH)–C–C–N with tert-alkyl or cyclic N) is 1. The molecule has 3 amide bonds. The molecule has 216 valence electrons. The topological polar surface area (TPSA) is 135 Å². The summed E-state index contributed by atoms with van der Waals surface area (Å²) in [4.78, 5) is 47.2. The molecule has 40 heavy (non-hydrogen) atoms. The Bertz CT molecular complexity index is 1260. The monoisotopic (exact) mass is 567 g/mol. The maximum Gasteiger partial charge on any atom is 0.246 e. The third-order valence-corrected chi connectivity index (χ3v) is 8.73. The van der Waals surface area contributed by atoms with Gasteiger partial charge in [-0.15, -0.1) is 11.3 Å². The fraction of sp³-hybridized carbons (Fsp3) is 0.567. The largest absolute Gasteiger partial charge is 0.391 e. The van der Waals surface area contributed by atoms with Crippen molar-refractivity contribution in [2.24, 2.45) is 10.8 Å². The van der Waals surface area contributed by atoms with E-state index in [2.05, 4.69) is 15.6 Å². The molecule has 2 heterocycles. The SMILES string of the molecule is CC[C@H](NC(=O)[C@@H]1C[C@@H](O)CN1C(=O)[C@@H](NC(=O)C(C)(C#N)CC)C(C)(C)C)c1ccc(-c2scnc2C)cc1. The molecule has 3 rings (SSSR count). The number of hydrogen-bond donors (Lipinski definition) is 3. The number of aliphatic hydroxyl groups excluding tert-OH is 1. The number of aryl methyl sites for hydroxylation is 1. The highest BCUT2D eigenvalue weighted by atomic mass is 32.1. The molecule has 10 heteroatoms. The first kappa shape index (κ1) is 31.2. The summed E-state index contributed by atoms with van der Waals surface area (Å²) in [5.74, 6) is -1.34. The molecule has 9 nitrogen and oxygen atoms in total. The molecule has 1 aromatic heterocycles. The van der Waals surface area contributed by atoms with Crippen molar-refractivity contribution in [2.45, 2.75) is 92.0 Å². The number of rotatable bonds is 9. The minimum absolute atomic E-state index is 0.0116. The average molecular weight is 568 g/mol. The molecule has 1 saturated heterocycles. The zero-order valence-corrected chi connectivity index (χ0v) is 25.3. The van der Waals surface area contributed by atoms with Gasteiger partial charge in [-0.2, -0.15) is 5.26 Å². The zero-order valence-electron chi connectivity index (χ0n) is 24.4. The van der Waals surface area contributed by atoms with Crippen molar-refractivity contribution in [3.05, 3.63) is 41.0 Å². The second kappa shape index (κ2) is 12.5. The van der Waals surface area contributed by atoms with E-state index in [4.69, 9.17) is 0 Å². The van der Waals surface area contributed by atoms with Crippen LogP contribution in [0.1, 0.15) is 78.1 Å². The molecule has 1 aliphatic rings. The third-order valence-electron chi connectivity index (χ3n) is 7.75. The Hall–Kier alpha value is -3.29. The maximum absolute atomic E-state index is 13.8. The zero-order chi connectivity index (χ0) is 29.8. The predicted molar refractivity (Wildman–Crippen MR) is 155 cm³/mol. The van der Waals surface area contributed by atoms with Crippen molar-refractivity contribution in [3.63, 3.8) is 0 Å². The molecular formula is C30H41N5O4S. The van der Waals surface area contributed by atoms with E-state index >= 15 is 0 Å². The van der Waals surface area contributed by atoms with Crippen LogP contribution < -0.4 is 10.6 Å². The van der Waals surface area contributed by atoms with Crippen LogP contribution in [-0.4, -0.2) is 57.4 Å². The van der Waals surface area contributed by atoms with Crippen LogP contribution in [0.5, 0.6) is 0 Å². The number of aliphatic hydroxyl groups is 1. The second-order valence-corrected chi connectivity index (χ2v) is 12.7. The van der Waals surface area contributed by atoms with Gasteiger partial charge in [-0.1, -0.05) is 58.9 Å². The van der Waals surface area contributed by atoms with Gasteiger partial charge in [0.1, 0.15) is 17.5 Å². The number of aromatic nitrogens is 1. The molecule has 5 atom stereocenters. The predicted octanol–water partition coefficient (Wildman–Crippen LogP) is 4.12. The van der Waals surface area contributed by atoms with E-state index in [9.17, 15) is 24.8 Å². The van der Waals surface area contributed by atoms with E-state index in [1.165, 1.54) is 11.8 Å². The molecule has 2 aromatic rings. The molecule has 1 aromatic carbocycles. The van der Waals surface area contributed by atoms with Crippen molar-refractivity contribution in [1.82, 2.24) is 20.5 Å². The molecule has 0 aliphatic carbocycles. The molecule has 1 fully saturated rings. The first-order valence-corrected chi connectivity index (χ1v) is 14.6. The lowest BCUT2D eigenvalue weighted by Gasteiger charge is -2.36. The fourth-order valence-electron chi connectivity index (χ4n) is 4.84. The van der Waals surface area contributed by atoms with Gasteiger partial charge in [0.2, 0.25) is 17.7 Å². The summed E-state index contributed by atoms with van der Waals surface area (Å²) in [5, 5.41) is 25.9. The fourth-order valence-corrected chi connectivity index (χ4v) is 5.65. The maximum atomic E-state index is 13.8. The molecule has 1 unspecified atom stereocenters. The van der Waals surface area contributed by atoms with Gasteiger partial charge in [0.05, 0.1) is 34.3 Å². The van der Waals surface area contributed by atoms with Crippen LogP contribution in [0.15, 0.2) is 29.8 Å². The van der Waals surface area contributed by atoms with E-state index in [1.807, 2.05) is 70.5 Å². The second-order valence-electron chi connectivity index (χ2n) is 11.8. The number of benzene rings is 1. The van der Waals surface area contributed by atoms with E-state index in [-0.39, 0.29) is 31.3 Å². The third kappa shape index (κ3) is 6.70. The number of thiazole rings is 1. The van der Waals surface area contributed by atoms with Gasteiger partial charge in [-0.25, -0.2) is 4.98 Å². The highest BCUT2D eigenvalue weighted by Crippen LogP contribution is 2.31. The highest BCUT2D eigenvalue weighted by molar-refractivity contribution is 7.13. The smallest absolute Gasteiger partial charge is 0.246 e. The molecule has 0 bridgehead atoms. The first-order valence-electron chi connectivity index (χ1n) is 13.8. The van der Waals surface area contributed by atoms with Gasteiger partial charge in [0.25, 0.3) is 0 Å². The van der Waals surface area contributed by atoms with E-state index in [0.29, 0.717) is 6.42 Å². The summed E-state index contributed by atoms with van der Waals surface area (Å²) in [7, 11) is 0. The summed E-state index contributed by atoms with van der Waals surface area (Å²) < 4.78 is 0. The van der Waals surface area contributed by atoms with Crippen LogP contribution in [0, 0.1) is 29.1 Å². The van der Waals surface area contributed by atoms with Crippen LogP contribution in [-0.2, 0) is 14.4 Å². The minimum atomic E-state index is -1.28. The average Bonchev–Trinajstić information content (AvgIpc) is 3.54. The molecule has 1 aliphatic heterocycles. The molecular weight excluding hydrogens is 526 g/mol. The number of nitrogens with zero attached hydrogens (tertiary/aromatic N) is 3. The van der Waals surface area contributed by atoms with Crippen LogP contribution >= 0.6 is 11.3 Å². The summed E-state index contributed by atoms with van der Waals surface area (Å²) in [5.41, 5.74) is 2.81. The van der Waals surface area contributed by atoms with E-state index in [1.54, 1.807) is 18.3 Å². The number of carbonyl (C=O) groups is 3. The number of likely N-dealkylation sites (tertiary alicyclic amines) is 1. The molecule has 0 saturated carbocycles. The van der Waals surface area contributed by atoms with Gasteiger partial charge in [0.15, 0.2) is 0 Å². The van der Waals surface area contributed by atoms with Gasteiger partial charge in [0, 0.05) is 13.0 Å². The molecule has 0 radical (unpaired) electrons. The lowest BCUT2D eigenvalue weighted by molar-refractivity contribution is -0.145. The number of nitrogens with one attached hydrogen (secondary N) is 2. The Morgan fingerprint density at radius 2 is 1.82 bits per heavy atom. The summed E-state index contributed by atoms with van der Waals surface area (Å²) in [6.45, 7) is 12.7. The van der Waals surface area contributed by atoms with Crippen molar-refractivity contribution in [3.8, 4) is 16.5 Å². The van der Waals surface area contributed by atoms with Gasteiger partial charge in [-0.3, -0.25) is 14.4 Å². The Labute approximate surface area is 241 Å². The van der Waals surface area contributed by atoms with Crippen LogP contribution in [0.3, 0.4) is 0 Å². The number of amides is 3. The van der Waals surface area contributed by atoms with Crippen molar-refractivity contribution in [2.75, 3.05) is 6.54 Å². The van der Waals surface area contributed by atoms with Crippen LogP contribution in [0.25, 0.3) is 10.4 Å². The Balaban J connectivity index is 1.79. The van der Waals surface area contributed by atoms with E-state index < -0.39 is 40.8 Å². The lowest BCUT2D eigenvalue weighted by atomic mass is 9.83. The van der Waals surface area contributed by atoms with Gasteiger partial charge in [-0.05, 0) is 43.2 Å². The minimum Gasteiger partial charge on any atom is -0.391 e. The Morgan fingerprint density at radius 1 is 1.18 bits per heavy atom. The molecule has 0 spiro atoms. The van der Waals surface area contributed by atoms with E-state index in [0.717, 1.165) is 21.7 Å². The van der Waals surface area contributed by atoms with Gasteiger partial charge < -0.3 is 20.6 Å². The van der Waals surface area contributed by atoms with Gasteiger partial charge >= 0.3 is 0 Å². The normalized spacial score (nSPS) is 20.2.